The molecule has 2 nitrogen and oxygen atoms in total. The van der Waals surface area contributed by atoms with Crippen molar-refractivity contribution in [2.75, 3.05) is 32.4 Å². The quantitative estimate of drug-likeness (QED) is 0.865. The molecule has 0 amide bonds. The number of benzene rings is 1. The maximum absolute atomic E-state index is 14.0. The van der Waals surface area contributed by atoms with Crippen LogP contribution in [0.4, 0.5) is 4.39 Å². The molecule has 0 spiro atoms. The molecule has 1 aromatic rings. The van der Waals surface area contributed by atoms with E-state index in [-0.39, 0.29) is 11.9 Å². The van der Waals surface area contributed by atoms with E-state index >= 15 is 0 Å². The van der Waals surface area contributed by atoms with Gasteiger partial charge in [0.1, 0.15) is 5.82 Å². The van der Waals surface area contributed by atoms with Crippen molar-refractivity contribution < 1.29 is 4.39 Å². The first-order valence-corrected chi connectivity index (χ1v) is 8.96. The van der Waals surface area contributed by atoms with Gasteiger partial charge in [-0.15, -0.1) is 0 Å². The van der Waals surface area contributed by atoms with Crippen molar-refractivity contribution >= 4 is 11.8 Å². The lowest BCUT2D eigenvalue weighted by Crippen LogP contribution is -2.42. The Labute approximate surface area is 132 Å². The molecule has 3 unspecified atom stereocenters. The second-order valence-electron chi connectivity index (χ2n) is 5.93. The lowest BCUT2D eigenvalue weighted by atomic mass is 9.93. The van der Waals surface area contributed by atoms with Gasteiger partial charge in [0.15, 0.2) is 0 Å². The van der Waals surface area contributed by atoms with E-state index < -0.39 is 0 Å². The Morgan fingerprint density at radius 3 is 2.86 bits per heavy atom. The Hall–Kier alpha value is -0.580. The van der Waals surface area contributed by atoms with Gasteiger partial charge in [-0.2, -0.15) is 11.8 Å². The minimum Gasteiger partial charge on any atom is -0.313 e. The SMILES string of the molecule is CCC1CN(CC(C)C(NC)c2ccccc2F)CCS1. The van der Waals surface area contributed by atoms with Crippen LogP contribution < -0.4 is 5.32 Å². The number of nitrogens with zero attached hydrogens (tertiary/aromatic N) is 1. The zero-order valence-electron chi connectivity index (χ0n) is 13.3. The monoisotopic (exact) mass is 310 g/mol. The number of nitrogens with one attached hydrogen (secondary N) is 1. The smallest absolute Gasteiger partial charge is 0.127 e. The van der Waals surface area contributed by atoms with Crippen LogP contribution in [0, 0.1) is 11.7 Å². The van der Waals surface area contributed by atoms with Crippen LogP contribution in [0.25, 0.3) is 0 Å². The number of rotatable bonds is 6. The molecule has 0 saturated carbocycles. The fourth-order valence-corrected chi connectivity index (χ4v) is 4.43. The zero-order chi connectivity index (χ0) is 15.2. The van der Waals surface area contributed by atoms with E-state index in [0.29, 0.717) is 5.92 Å². The molecular formula is C17H27FN2S. The third-order valence-corrected chi connectivity index (χ3v) is 5.72. The van der Waals surface area contributed by atoms with Crippen LogP contribution in [0.3, 0.4) is 0 Å². The number of thioether (sulfide) groups is 1. The second kappa shape index (κ2) is 8.16. The highest BCUT2D eigenvalue weighted by Gasteiger charge is 2.25. The zero-order valence-corrected chi connectivity index (χ0v) is 14.1. The van der Waals surface area contributed by atoms with E-state index in [0.717, 1.165) is 23.9 Å². The first kappa shape index (κ1) is 16.8. The second-order valence-corrected chi connectivity index (χ2v) is 7.33. The Balaban J connectivity index is 2.00. The molecule has 21 heavy (non-hydrogen) atoms. The van der Waals surface area contributed by atoms with Crippen LogP contribution in [0.2, 0.25) is 0 Å². The highest BCUT2D eigenvalue weighted by atomic mass is 32.2. The van der Waals surface area contributed by atoms with Crippen LogP contribution in [0.1, 0.15) is 31.9 Å². The summed E-state index contributed by atoms with van der Waals surface area (Å²) >= 11 is 2.09. The van der Waals surface area contributed by atoms with Gasteiger partial charge in [-0.05, 0) is 25.5 Å². The van der Waals surface area contributed by atoms with Gasteiger partial charge >= 0.3 is 0 Å². The van der Waals surface area contributed by atoms with Crippen molar-refractivity contribution in [3.05, 3.63) is 35.6 Å². The van der Waals surface area contributed by atoms with Gasteiger partial charge in [-0.25, -0.2) is 4.39 Å². The summed E-state index contributed by atoms with van der Waals surface area (Å²) in [6.45, 7) is 7.83. The highest BCUT2D eigenvalue weighted by molar-refractivity contribution is 8.00. The largest absolute Gasteiger partial charge is 0.313 e. The first-order chi connectivity index (χ1) is 10.2. The van der Waals surface area contributed by atoms with Gasteiger partial charge in [-0.3, -0.25) is 0 Å². The van der Waals surface area contributed by atoms with Crippen molar-refractivity contribution in [3.63, 3.8) is 0 Å². The molecule has 0 bridgehead atoms. The molecule has 0 radical (unpaired) electrons. The summed E-state index contributed by atoms with van der Waals surface area (Å²) in [5.41, 5.74) is 0.783. The molecule has 1 aliphatic rings. The van der Waals surface area contributed by atoms with Gasteiger partial charge in [0, 0.05) is 42.2 Å². The van der Waals surface area contributed by atoms with Crippen LogP contribution in [0.15, 0.2) is 24.3 Å². The topological polar surface area (TPSA) is 15.3 Å². The molecule has 0 aliphatic carbocycles. The maximum atomic E-state index is 14.0. The van der Waals surface area contributed by atoms with Gasteiger partial charge in [0.05, 0.1) is 0 Å². The molecule has 1 aromatic carbocycles. The van der Waals surface area contributed by atoms with Crippen molar-refractivity contribution in [1.29, 1.82) is 0 Å². The fraction of sp³-hybridized carbons (Fsp3) is 0.647. The van der Waals surface area contributed by atoms with Crippen LogP contribution >= 0.6 is 11.8 Å². The highest BCUT2D eigenvalue weighted by Crippen LogP contribution is 2.27. The summed E-state index contributed by atoms with van der Waals surface area (Å²) in [6, 6.07) is 7.19. The minimum absolute atomic E-state index is 0.0702. The summed E-state index contributed by atoms with van der Waals surface area (Å²) in [7, 11) is 1.93. The fourth-order valence-electron chi connectivity index (χ4n) is 3.18. The average molecular weight is 310 g/mol. The van der Waals surface area contributed by atoms with Gasteiger partial charge in [0.2, 0.25) is 0 Å². The van der Waals surface area contributed by atoms with E-state index in [2.05, 4.69) is 35.8 Å². The average Bonchev–Trinajstić information content (AvgIpc) is 2.50. The minimum atomic E-state index is -0.107. The Kier molecular flexibility index (Phi) is 6.52. The molecule has 4 heteroatoms. The molecule has 1 saturated heterocycles. The van der Waals surface area contributed by atoms with Crippen molar-refractivity contribution in [2.24, 2.45) is 5.92 Å². The van der Waals surface area contributed by atoms with E-state index in [1.54, 1.807) is 12.1 Å². The predicted octanol–water partition coefficient (Wildman–Crippen LogP) is 3.55. The van der Waals surface area contributed by atoms with E-state index in [9.17, 15) is 4.39 Å². The van der Waals surface area contributed by atoms with Crippen LogP contribution in [-0.4, -0.2) is 42.6 Å². The van der Waals surface area contributed by atoms with Crippen LogP contribution in [-0.2, 0) is 0 Å². The molecule has 118 valence electrons. The summed E-state index contributed by atoms with van der Waals surface area (Å²) in [6.07, 6.45) is 1.23. The number of hydrogen-bond acceptors (Lipinski definition) is 3. The van der Waals surface area contributed by atoms with E-state index in [1.165, 1.54) is 18.7 Å². The van der Waals surface area contributed by atoms with Gasteiger partial charge in [-0.1, -0.05) is 32.0 Å². The van der Waals surface area contributed by atoms with E-state index in [1.807, 2.05) is 19.2 Å². The van der Waals surface area contributed by atoms with E-state index in [4.69, 9.17) is 0 Å². The summed E-state index contributed by atoms with van der Waals surface area (Å²) in [5, 5.41) is 4.06. The lowest BCUT2D eigenvalue weighted by Gasteiger charge is -2.35. The van der Waals surface area contributed by atoms with Gasteiger partial charge in [0.25, 0.3) is 0 Å². The van der Waals surface area contributed by atoms with Crippen molar-refractivity contribution in [3.8, 4) is 0 Å². The summed E-state index contributed by atoms with van der Waals surface area (Å²) < 4.78 is 14.0. The molecule has 3 atom stereocenters. The molecule has 2 rings (SSSR count). The first-order valence-electron chi connectivity index (χ1n) is 7.91. The molecule has 0 aromatic heterocycles. The van der Waals surface area contributed by atoms with Gasteiger partial charge < -0.3 is 10.2 Å². The maximum Gasteiger partial charge on any atom is 0.127 e. The number of hydrogen-bond donors (Lipinski definition) is 1. The molecule has 1 heterocycles. The summed E-state index contributed by atoms with van der Waals surface area (Å²) in [5.74, 6) is 1.49. The Morgan fingerprint density at radius 1 is 1.43 bits per heavy atom. The third kappa shape index (κ3) is 4.44. The number of halogens is 1. The Bertz CT molecular complexity index is 441. The molecule has 1 N–H and O–H groups in total. The normalized spacial score (nSPS) is 23.0. The summed E-state index contributed by atoms with van der Waals surface area (Å²) in [4.78, 5) is 2.54. The lowest BCUT2D eigenvalue weighted by molar-refractivity contribution is 0.217. The standard InChI is InChI=1S/C17H27FN2S/c1-4-14-12-20(9-10-21-14)11-13(2)17(19-3)15-7-5-6-8-16(15)18/h5-8,13-14,17,19H,4,9-12H2,1-3H3. The molecule has 1 aliphatic heterocycles. The third-order valence-electron chi connectivity index (χ3n) is 4.34. The Morgan fingerprint density at radius 2 is 2.19 bits per heavy atom. The van der Waals surface area contributed by atoms with Crippen LogP contribution in [0.5, 0.6) is 0 Å². The molecular weight excluding hydrogens is 283 g/mol. The van der Waals surface area contributed by atoms with Crippen molar-refractivity contribution in [1.82, 2.24) is 10.2 Å². The molecule has 1 fully saturated rings. The predicted molar refractivity (Wildman–Crippen MR) is 90.3 cm³/mol. The van der Waals surface area contributed by atoms with Crippen molar-refractivity contribution in [2.45, 2.75) is 31.6 Å².